The van der Waals surface area contributed by atoms with Gasteiger partial charge in [0.15, 0.2) is 5.96 Å². The zero-order chi connectivity index (χ0) is 19.6. The van der Waals surface area contributed by atoms with Gasteiger partial charge >= 0.3 is 0 Å². The fraction of sp³-hybridized carbons (Fsp3) is 0.619. The van der Waals surface area contributed by atoms with Crippen LogP contribution in [0.15, 0.2) is 29.3 Å². The summed E-state index contributed by atoms with van der Waals surface area (Å²) in [5.41, 5.74) is 1.10. The first-order valence-electron chi connectivity index (χ1n) is 9.89. The Morgan fingerprint density at radius 2 is 2.00 bits per heavy atom. The van der Waals surface area contributed by atoms with E-state index < -0.39 is 0 Å². The third kappa shape index (κ3) is 7.12. The molecule has 150 valence electrons. The molecular formula is C21H34N4O2. The molecule has 1 aliphatic carbocycles. The predicted molar refractivity (Wildman–Crippen MR) is 110 cm³/mol. The number of rotatable bonds is 7. The Labute approximate surface area is 163 Å². The highest BCUT2D eigenvalue weighted by Gasteiger charge is 2.21. The number of methoxy groups -OCH3 is 1. The van der Waals surface area contributed by atoms with Crippen LogP contribution in [0.1, 0.15) is 44.6 Å². The molecule has 1 aliphatic rings. The van der Waals surface area contributed by atoms with Crippen LogP contribution in [0.25, 0.3) is 0 Å². The Bertz CT molecular complexity index is 613. The van der Waals surface area contributed by atoms with Crippen molar-refractivity contribution in [2.75, 3.05) is 27.7 Å². The number of likely N-dealkylation sites (N-methyl/N-ethyl adjacent to an activating group) is 1. The second kappa shape index (κ2) is 10.8. The third-order valence-corrected chi connectivity index (χ3v) is 5.19. The molecule has 0 heterocycles. The van der Waals surface area contributed by atoms with Crippen LogP contribution in [0.3, 0.4) is 0 Å². The molecule has 1 aromatic carbocycles. The Balaban J connectivity index is 2.01. The van der Waals surface area contributed by atoms with Crippen molar-refractivity contribution in [1.82, 2.24) is 15.5 Å². The smallest absolute Gasteiger partial charge is 0.241 e. The molecule has 0 saturated heterocycles. The van der Waals surface area contributed by atoms with Crippen LogP contribution < -0.4 is 15.4 Å². The van der Waals surface area contributed by atoms with Crippen molar-refractivity contribution in [1.29, 1.82) is 0 Å². The largest absolute Gasteiger partial charge is 0.497 e. The Kier molecular flexibility index (Phi) is 8.43. The summed E-state index contributed by atoms with van der Waals surface area (Å²) in [5, 5.41) is 6.75. The van der Waals surface area contributed by atoms with E-state index in [-0.39, 0.29) is 12.5 Å². The summed E-state index contributed by atoms with van der Waals surface area (Å²) in [6.45, 7) is 3.06. The van der Waals surface area contributed by atoms with E-state index in [2.05, 4.69) is 17.6 Å². The Morgan fingerprint density at radius 3 is 2.63 bits per heavy atom. The molecule has 0 radical (unpaired) electrons. The fourth-order valence-electron chi connectivity index (χ4n) is 3.36. The molecule has 0 aromatic heterocycles. The minimum Gasteiger partial charge on any atom is -0.497 e. The first-order chi connectivity index (χ1) is 13.0. The van der Waals surface area contributed by atoms with E-state index in [1.807, 2.05) is 24.3 Å². The van der Waals surface area contributed by atoms with Crippen LogP contribution in [0.2, 0.25) is 0 Å². The van der Waals surface area contributed by atoms with Crippen LogP contribution in [0.5, 0.6) is 5.75 Å². The van der Waals surface area contributed by atoms with Crippen LogP contribution in [-0.2, 0) is 11.3 Å². The maximum absolute atomic E-state index is 11.9. The average molecular weight is 375 g/mol. The van der Waals surface area contributed by atoms with E-state index in [9.17, 15) is 4.79 Å². The molecule has 0 bridgehead atoms. The molecule has 6 heteroatoms. The Hall–Kier alpha value is -2.24. The molecule has 0 aliphatic heterocycles. The third-order valence-electron chi connectivity index (χ3n) is 5.19. The summed E-state index contributed by atoms with van der Waals surface area (Å²) in [4.78, 5) is 18.2. The van der Waals surface area contributed by atoms with Crippen molar-refractivity contribution < 1.29 is 9.53 Å². The molecular weight excluding hydrogens is 340 g/mol. The summed E-state index contributed by atoms with van der Waals surface area (Å²) in [6.07, 6.45) is 6.11. The van der Waals surface area contributed by atoms with Crippen LogP contribution in [-0.4, -0.2) is 50.6 Å². The highest BCUT2D eigenvalue weighted by Crippen LogP contribution is 2.26. The lowest BCUT2D eigenvalue weighted by Gasteiger charge is -2.30. The lowest BCUT2D eigenvalue weighted by Crippen LogP contribution is -2.48. The van der Waals surface area contributed by atoms with E-state index in [0.29, 0.717) is 18.5 Å². The molecule has 1 saturated carbocycles. The molecule has 2 N–H and O–H groups in total. The molecule has 1 amide bonds. The van der Waals surface area contributed by atoms with Crippen molar-refractivity contribution in [3.8, 4) is 5.75 Å². The summed E-state index contributed by atoms with van der Waals surface area (Å²) < 4.78 is 5.20. The average Bonchev–Trinajstić information content (AvgIpc) is 2.70. The maximum atomic E-state index is 11.9. The summed E-state index contributed by atoms with van der Waals surface area (Å²) >= 11 is 0. The normalized spacial score (nSPS) is 20.1. The van der Waals surface area contributed by atoms with Gasteiger partial charge in [-0.2, -0.15) is 0 Å². The van der Waals surface area contributed by atoms with Crippen LogP contribution >= 0.6 is 0 Å². The highest BCUT2D eigenvalue weighted by atomic mass is 16.5. The SMILES string of the molecule is CCC1CCCC(NC(=NCc2ccc(OC)cc2)NCC(=O)N(C)C)C1. The molecule has 2 unspecified atom stereocenters. The number of amides is 1. The van der Waals surface area contributed by atoms with Crippen LogP contribution in [0.4, 0.5) is 0 Å². The van der Waals surface area contributed by atoms with Gasteiger partial charge < -0.3 is 20.3 Å². The lowest BCUT2D eigenvalue weighted by molar-refractivity contribution is -0.127. The number of hydrogen-bond donors (Lipinski definition) is 2. The van der Waals surface area contributed by atoms with Crippen molar-refractivity contribution in [3.05, 3.63) is 29.8 Å². The molecule has 1 fully saturated rings. The van der Waals surface area contributed by atoms with Crippen LogP contribution in [0, 0.1) is 5.92 Å². The van der Waals surface area contributed by atoms with E-state index in [1.165, 1.54) is 25.7 Å². The quantitative estimate of drug-likeness (QED) is 0.569. The maximum Gasteiger partial charge on any atom is 0.241 e. The number of aliphatic imine (C=N–C) groups is 1. The van der Waals surface area contributed by atoms with Crippen molar-refractivity contribution >= 4 is 11.9 Å². The minimum atomic E-state index is 0.0315. The second-order valence-electron chi connectivity index (χ2n) is 7.44. The topological polar surface area (TPSA) is 66.0 Å². The van der Waals surface area contributed by atoms with Crippen molar-refractivity contribution in [2.24, 2.45) is 10.9 Å². The molecule has 27 heavy (non-hydrogen) atoms. The number of benzene rings is 1. The number of carbonyl (C=O) groups is 1. The van der Waals surface area contributed by atoms with Gasteiger partial charge in [-0.1, -0.05) is 38.3 Å². The van der Waals surface area contributed by atoms with Crippen molar-refractivity contribution in [2.45, 2.75) is 51.6 Å². The zero-order valence-corrected chi connectivity index (χ0v) is 17.1. The molecule has 0 spiro atoms. The molecule has 6 nitrogen and oxygen atoms in total. The second-order valence-corrected chi connectivity index (χ2v) is 7.44. The predicted octanol–water partition coefficient (Wildman–Crippen LogP) is 2.79. The number of ether oxygens (including phenoxy) is 1. The minimum absolute atomic E-state index is 0.0315. The monoisotopic (exact) mass is 374 g/mol. The molecule has 2 atom stereocenters. The lowest BCUT2D eigenvalue weighted by atomic mass is 9.84. The first-order valence-corrected chi connectivity index (χ1v) is 9.89. The summed E-state index contributed by atoms with van der Waals surface area (Å²) in [7, 11) is 5.19. The van der Waals surface area contributed by atoms with Gasteiger partial charge in [0.05, 0.1) is 20.2 Å². The van der Waals surface area contributed by atoms with Gasteiger partial charge in [-0.15, -0.1) is 0 Å². The van der Waals surface area contributed by atoms with Gasteiger partial charge in [0.2, 0.25) is 5.91 Å². The van der Waals surface area contributed by atoms with Gasteiger partial charge in [-0.05, 0) is 36.5 Å². The summed E-state index contributed by atoms with van der Waals surface area (Å²) in [5.74, 6) is 2.36. The van der Waals surface area contributed by atoms with Gasteiger partial charge in [0, 0.05) is 20.1 Å². The van der Waals surface area contributed by atoms with Crippen molar-refractivity contribution in [3.63, 3.8) is 0 Å². The van der Waals surface area contributed by atoms with E-state index >= 15 is 0 Å². The highest BCUT2D eigenvalue weighted by molar-refractivity contribution is 5.86. The van der Waals surface area contributed by atoms with E-state index in [1.54, 1.807) is 26.1 Å². The van der Waals surface area contributed by atoms with Gasteiger partial charge in [0.1, 0.15) is 5.75 Å². The summed E-state index contributed by atoms with van der Waals surface area (Å²) in [6, 6.07) is 8.32. The standard InChI is InChI=1S/C21H34N4O2/c1-5-16-7-6-8-18(13-16)24-21(23-15-20(26)25(2)3)22-14-17-9-11-19(27-4)12-10-17/h9-12,16,18H,5-8,13-15H2,1-4H3,(H2,22,23,24). The van der Waals surface area contributed by atoms with E-state index in [0.717, 1.165) is 23.7 Å². The van der Waals surface area contributed by atoms with Gasteiger partial charge in [-0.3, -0.25) is 4.79 Å². The first kappa shape index (κ1) is 21.1. The fourth-order valence-corrected chi connectivity index (χ4v) is 3.36. The number of nitrogens with zero attached hydrogens (tertiary/aromatic N) is 2. The van der Waals surface area contributed by atoms with Gasteiger partial charge in [0.25, 0.3) is 0 Å². The molecule has 1 aromatic rings. The number of hydrogen-bond acceptors (Lipinski definition) is 3. The number of carbonyl (C=O) groups excluding carboxylic acids is 1. The Morgan fingerprint density at radius 1 is 1.26 bits per heavy atom. The number of guanidine groups is 1. The zero-order valence-electron chi connectivity index (χ0n) is 17.1. The molecule has 2 rings (SSSR count). The van der Waals surface area contributed by atoms with Gasteiger partial charge in [-0.25, -0.2) is 4.99 Å². The van der Waals surface area contributed by atoms with E-state index in [4.69, 9.17) is 9.73 Å². The number of nitrogens with one attached hydrogen (secondary N) is 2.